The first-order chi connectivity index (χ1) is 15.4. The van der Waals surface area contributed by atoms with Crippen molar-refractivity contribution in [2.45, 2.75) is 0 Å². The highest BCUT2D eigenvalue weighted by molar-refractivity contribution is 6.31. The SMILES string of the molecule is CN(CCN(C)c1ccnc2cc(Cl)ccc12)CCN(C)c1ccnc2cc(Cl)ccc12. The standard InChI is InChI=1S/C25H27Cl2N5/c1-30(12-14-31(2)24-8-10-28-22-16-18(26)4-6-20(22)24)13-15-32(3)25-9-11-29-23-17-19(27)5-7-21(23)25/h4-11,16-17H,12-15H2,1-3H3. The third-order valence-electron chi connectivity index (χ3n) is 5.82. The van der Waals surface area contributed by atoms with Crippen LogP contribution in [0.25, 0.3) is 21.8 Å². The van der Waals surface area contributed by atoms with Gasteiger partial charge in [-0.05, 0) is 55.6 Å². The summed E-state index contributed by atoms with van der Waals surface area (Å²) in [5.74, 6) is 0. The van der Waals surface area contributed by atoms with E-state index in [9.17, 15) is 0 Å². The van der Waals surface area contributed by atoms with Crippen molar-refractivity contribution >= 4 is 56.4 Å². The Hall–Kier alpha value is -2.60. The molecule has 2 aromatic carbocycles. The molecule has 0 bridgehead atoms. The number of pyridine rings is 2. The van der Waals surface area contributed by atoms with Gasteiger partial charge in [-0.3, -0.25) is 9.97 Å². The molecule has 4 aromatic rings. The molecule has 2 heterocycles. The Morgan fingerprint density at radius 1 is 0.625 bits per heavy atom. The Kier molecular flexibility index (Phi) is 6.99. The van der Waals surface area contributed by atoms with Gasteiger partial charge in [-0.2, -0.15) is 0 Å². The van der Waals surface area contributed by atoms with Crippen LogP contribution in [0.4, 0.5) is 11.4 Å². The van der Waals surface area contributed by atoms with Gasteiger partial charge in [0.25, 0.3) is 0 Å². The minimum absolute atomic E-state index is 0.707. The first-order valence-corrected chi connectivity index (χ1v) is 11.4. The molecule has 2 aromatic heterocycles. The normalized spacial score (nSPS) is 11.4. The van der Waals surface area contributed by atoms with Gasteiger partial charge in [0.15, 0.2) is 0 Å². The summed E-state index contributed by atoms with van der Waals surface area (Å²) in [5, 5.41) is 3.65. The minimum atomic E-state index is 0.707. The number of aromatic nitrogens is 2. The van der Waals surface area contributed by atoms with Gasteiger partial charge in [0, 0.05) is 84.9 Å². The summed E-state index contributed by atoms with van der Waals surface area (Å²) in [6, 6.07) is 15.9. The number of hydrogen-bond donors (Lipinski definition) is 0. The molecule has 0 saturated carbocycles. The van der Waals surface area contributed by atoms with Crippen LogP contribution in [0.1, 0.15) is 0 Å². The number of nitrogens with zero attached hydrogens (tertiary/aromatic N) is 5. The maximum Gasteiger partial charge on any atom is 0.0737 e. The largest absolute Gasteiger partial charge is 0.373 e. The van der Waals surface area contributed by atoms with Crippen LogP contribution < -0.4 is 9.80 Å². The summed E-state index contributed by atoms with van der Waals surface area (Å²) in [6.45, 7) is 3.74. The molecule has 0 spiro atoms. The first kappa shape index (κ1) is 22.6. The summed E-state index contributed by atoms with van der Waals surface area (Å²) in [5.41, 5.74) is 4.17. The minimum Gasteiger partial charge on any atom is -0.373 e. The average Bonchev–Trinajstić information content (AvgIpc) is 2.79. The molecular formula is C25H27Cl2N5. The lowest BCUT2D eigenvalue weighted by molar-refractivity contribution is 0.349. The highest BCUT2D eigenvalue weighted by Gasteiger charge is 2.11. The van der Waals surface area contributed by atoms with Gasteiger partial charge in [-0.25, -0.2) is 0 Å². The molecule has 0 N–H and O–H groups in total. The highest BCUT2D eigenvalue weighted by atomic mass is 35.5. The molecule has 0 radical (unpaired) electrons. The second-order valence-electron chi connectivity index (χ2n) is 8.13. The molecule has 0 aliphatic carbocycles. The van der Waals surface area contributed by atoms with Crippen LogP contribution in [0.2, 0.25) is 10.0 Å². The molecule has 0 atom stereocenters. The molecule has 0 fully saturated rings. The molecule has 0 aliphatic rings. The number of hydrogen-bond acceptors (Lipinski definition) is 5. The van der Waals surface area contributed by atoms with Gasteiger partial charge in [0.1, 0.15) is 0 Å². The number of fused-ring (bicyclic) bond motifs is 2. The van der Waals surface area contributed by atoms with Crippen LogP contribution in [0.5, 0.6) is 0 Å². The van der Waals surface area contributed by atoms with E-state index in [1.807, 2.05) is 48.8 Å². The fraction of sp³-hybridized carbons (Fsp3) is 0.280. The molecule has 32 heavy (non-hydrogen) atoms. The van der Waals surface area contributed by atoms with E-state index in [2.05, 4.69) is 57.9 Å². The number of halogens is 2. The van der Waals surface area contributed by atoms with E-state index in [-0.39, 0.29) is 0 Å². The third kappa shape index (κ3) is 5.07. The molecule has 0 aliphatic heterocycles. The molecule has 0 amide bonds. The quantitative estimate of drug-likeness (QED) is 0.337. The number of likely N-dealkylation sites (N-methyl/N-ethyl adjacent to an activating group) is 3. The van der Waals surface area contributed by atoms with E-state index in [1.165, 1.54) is 11.4 Å². The zero-order valence-corrected chi connectivity index (χ0v) is 20.1. The maximum atomic E-state index is 6.12. The van der Waals surface area contributed by atoms with Crippen LogP contribution >= 0.6 is 23.2 Å². The van der Waals surface area contributed by atoms with E-state index in [4.69, 9.17) is 23.2 Å². The van der Waals surface area contributed by atoms with Crippen LogP contribution in [-0.4, -0.2) is 62.2 Å². The topological polar surface area (TPSA) is 35.5 Å². The highest BCUT2D eigenvalue weighted by Crippen LogP contribution is 2.27. The van der Waals surface area contributed by atoms with E-state index >= 15 is 0 Å². The van der Waals surface area contributed by atoms with Crippen LogP contribution in [-0.2, 0) is 0 Å². The lowest BCUT2D eigenvalue weighted by atomic mass is 10.1. The molecule has 0 unspecified atom stereocenters. The van der Waals surface area contributed by atoms with Crippen molar-refractivity contribution < 1.29 is 0 Å². The molecule has 5 nitrogen and oxygen atoms in total. The smallest absolute Gasteiger partial charge is 0.0737 e. The summed E-state index contributed by atoms with van der Waals surface area (Å²) < 4.78 is 0. The summed E-state index contributed by atoms with van der Waals surface area (Å²) >= 11 is 12.2. The Morgan fingerprint density at radius 2 is 1.06 bits per heavy atom. The van der Waals surface area contributed by atoms with E-state index in [0.717, 1.165) is 48.0 Å². The van der Waals surface area contributed by atoms with Crippen molar-refractivity contribution in [3.8, 4) is 0 Å². The lowest BCUT2D eigenvalue weighted by Crippen LogP contribution is -2.35. The number of anilines is 2. The van der Waals surface area contributed by atoms with Crippen LogP contribution in [0.15, 0.2) is 60.9 Å². The Labute approximate surface area is 199 Å². The van der Waals surface area contributed by atoms with Gasteiger partial charge in [0.05, 0.1) is 11.0 Å². The molecule has 0 saturated heterocycles. The van der Waals surface area contributed by atoms with Crippen molar-refractivity contribution in [3.05, 3.63) is 71.0 Å². The van der Waals surface area contributed by atoms with E-state index < -0.39 is 0 Å². The maximum absolute atomic E-state index is 6.12. The predicted octanol–water partition coefficient (Wildman–Crippen LogP) is 5.59. The summed E-state index contributed by atoms with van der Waals surface area (Å²) in [7, 11) is 6.41. The summed E-state index contributed by atoms with van der Waals surface area (Å²) in [6.07, 6.45) is 3.69. The van der Waals surface area contributed by atoms with Crippen LogP contribution in [0.3, 0.4) is 0 Å². The van der Waals surface area contributed by atoms with Crippen molar-refractivity contribution in [2.75, 3.05) is 57.1 Å². The van der Waals surface area contributed by atoms with Crippen LogP contribution in [0, 0.1) is 0 Å². The zero-order chi connectivity index (χ0) is 22.7. The fourth-order valence-corrected chi connectivity index (χ4v) is 4.20. The van der Waals surface area contributed by atoms with Gasteiger partial charge >= 0.3 is 0 Å². The van der Waals surface area contributed by atoms with Gasteiger partial charge in [-0.1, -0.05) is 23.2 Å². The average molecular weight is 468 g/mol. The fourth-order valence-electron chi connectivity index (χ4n) is 3.87. The number of rotatable bonds is 8. The molecular weight excluding hydrogens is 441 g/mol. The first-order valence-electron chi connectivity index (χ1n) is 10.6. The molecule has 4 rings (SSSR count). The Morgan fingerprint density at radius 3 is 1.50 bits per heavy atom. The monoisotopic (exact) mass is 467 g/mol. The predicted molar refractivity (Wildman–Crippen MR) is 138 cm³/mol. The molecule has 166 valence electrons. The Balaban J connectivity index is 1.35. The van der Waals surface area contributed by atoms with Crippen molar-refractivity contribution in [1.82, 2.24) is 14.9 Å². The van der Waals surface area contributed by atoms with Gasteiger partial charge < -0.3 is 14.7 Å². The Bertz CT molecular complexity index is 1130. The van der Waals surface area contributed by atoms with Gasteiger partial charge in [0.2, 0.25) is 0 Å². The third-order valence-corrected chi connectivity index (χ3v) is 6.29. The lowest BCUT2D eigenvalue weighted by Gasteiger charge is -2.27. The second kappa shape index (κ2) is 9.90. The van der Waals surface area contributed by atoms with Gasteiger partial charge in [-0.15, -0.1) is 0 Å². The van der Waals surface area contributed by atoms with Crippen molar-refractivity contribution in [1.29, 1.82) is 0 Å². The van der Waals surface area contributed by atoms with Crippen molar-refractivity contribution in [2.24, 2.45) is 0 Å². The molecule has 7 heteroatoms. The second-order valence-corrected chi connectivity index (χ2v) is 9.00. The van der Waals surface area contributed by atoms with Crippen molar-refractivity contribution in [3.63, 3.8) is 0 Å². The number of benzene rings is 2. The van der Waals surface area contributed by atoms with E-state index in [1.54, 1.807) is 0 Å². The van der Waals surface area contributed by atoms with E-state index in [0.29, 0.717) is 10.0 Å². The zero-order valence-electron chi connectivity index (χ0n) is 18.6. The summed E-state index contributed by atoms with van der Waals surface area (Å²) in [4.78, 5) is 15.8.